The number of anilines is 2. The van der Waals surface area contributed by atoms with Gasteiger partial charge in [0.15, 0.2) is 5.82 Å². The number of hydrogen-bond donors (Lipinski definition) is 0. The molecular weight excluding hydrogens is 407 g/mol. The van der Waals surface area contributed by atoms with Gasteiger partial charge in [0.2, 0.25) is 0 Å². The second-order valence-electron chi connectivity index (χ2n) is 7.87. The minimum absolute atomic E-state index is 0.0161. The first kappa shape index (κ1) is 23.2. The van der Waals surface area contributed by atoms with Crippen molar-refractivity contribution in [1.29, 1.82) is 0 Å². The molecule has 0 bridgehead atoms. The van der Waals surface area contributed by atoms with E-state index in [-0.39, 0.29) is 17.9 Å². The molecule has 0 N–H and O–H groups in total. The molecule has 1 aromatic heterocycles. The summed E-state index contributed by atoms with van der Waals surface area (Å²) in [6.07, 6.45) is 4.35. The van der Waals surface area contributed by atoms with Crippen molar-refractivity contribution in [3.63, 3.8) is 0 Å². The maximum absolute atomic E-state index is 13.6. The molecule has 170 valence electrons. The van der Waals surface area contributed by atoms with Crippen molar-refractivity contribution in [2.24, 2.45) is 0 Å². The van der Waals surface area contributed by atoms with Gasteiger partial charge in [-0.05, 0) is 56.4 Å². The molecule has 2 aromatic rings. The standard InChI is InChI=1S/C23H30F3N3O2/c1-3-4-8-15-30-18-13-11-17(12-14-18)29(2)21-20(23(24,25)26)16-27-22(28-21)31-19-9-6-5-7-10-19/h11-14,16,19H,3-10,15H2,1-2H3. The highest BCUT2D eigenvalue weighted by Crippen LogP contribution is 2.38. The fraction of sp³-hybridized carbons (Fsp3) is 0.565. The Morgan fingerprint density at radius 1 is 1.06 bits per heavy atom. The van der Waals surface area contributed by atoms with Crippen LogP contribution in [0.15, 0.2) is 30.5 Å². The summed E-state index contributed by atoms with van der Waals surface area (Å²) in [7, 11) is 1.55. The molecule has 1 heterocycles. The van der Waals surface area contributed by atoms with E-state index >= 15 is 0 Å². The maximum Gasteiger partial charge on any atom is 0.421 e. The van der Waals surface area contributed by atoms with Crippen molar-refractivity contribution < 1.29 is 22.6 Å². The van der Waals surface area contributed by atoms with E-state index in [1.165, 1.54) is 4.90 Å². The second kappa shape index (κ2) is 10.7. The topological polar surface area (TPSA) is 47.5 Å². The van der Waals surface area contributed by atoms with Gasteiger partial charge in [-0.25, -0.2) is 4.98 Å². The fourth-order valence-corrected chi connectivity index (χ4v) is 3.63. The highest BCUT2D eigenvalue weighted by Gasteiger charge is 2.37. The minimum atomic E-state index is -4.57. The Labute approximate surface area is 181 Å². The van der Waals surface area contributed by atoms with Crippen LogP contribution in [-0.4, -0.2) is 29.7 Å². The van der Waals surface area contributed by atoms with Gasteiger partial charge in [0.1, 0.15) is 17.4 Å². The highest BCUT2D eigenvalue weighted by molar-refractivity contribution is 5.63. The van der Waals surface area contributed by atoms with Crippen LogP contribution >= 0.6 is 0 Å². The molecule has 0 radical (unpaired) electrons. The molecule has 1 fully saturated rings. The van der Waals surface area contributed by atoms with Crippen LogP contribution in [0.3, 0.4) is 0 Å². The summed E-state index contributed by atoms with van der Waals surface area (Å²) in [6.45, 7) is 2.74. The van der Waals surface area contributed by atoms with E-state index in [9.17, 15) is 13.2 Å². The predicted molar refractivity (Wildman–Crippen MR) is 114 cm³/mol. The van der Waals surface area contributed by atoms with Crippen LogP contribution in [0.5, 0.6) is 11.8 Å². The summed E-state index contributed by atoms with van der Waals surface area (Å²) >= 11 is 0. The predicted octanol–water partition coefficient (Wildman–Crippen LogP) is 6.54. The first-order valence-electron chi connectivity index (χ1n) is 11.0. The molecule has 5 nitrogen and oxygen atoms in total. The number of unbranched alkanes of at least 4 members (excludes halogenated alkanes) is 2. The average Bonchev–Trinajstić information content (AvgIpc) is 2.76. The number of nitrogens with zero attached hydrogens (tertiary/aromatic N) is 3. The molecular formula is C23H30F3N3O2. The number of benzene rings is 1. The molecule has 0 spiro atoms. The number of halogens is 3. The lowest BCUT2D eigenvalue weighted by atomic mass is 9.98. The van der Waals surface area contributed by atoms with Crippen LogP contribution in [-0.2, 0) is 6.18 Å². The van der Waals surface area contributed by atoms with Gasteiger partial charge < -0.3 is 14.4 Å². The minimum Gasteiger partial charge on any atom is -0.494 e. The van der Waals surface area contributed by atoms with Crippen molar-refractivity contribution in [3.05, 3.63) is 36.0 Å². The van der Waals surface area contributed by atoms with Crippen LogP contribution in [0.2, 0.25) is 0 Å². The summed E-state index contributed by atoms with van der Waals surface area (Å²) in [5, 5.41) is 0. The van der Waals surface area contributed by atoms with Crippen LogP contribution in [0.1, 0.15) is 63.9 Å². The third-order valence-corrected chi connectivity index (χ3v) is 5.43. The third-order valence-electron chi connectivity index (χ3n) is 5.43. The van der Waals surface area contributed by atoms with Crippen LogP contribution in [0, 0.1) is 0 Å². The van der Waals surface area contributed by atoms with Gasteiger partial charge >= 0.3 is 12.2 Å². The number of alkyl halides is 3. The maximum atomic E-state index is 13.6. The lowest BCUT2D eigenvalue weighted by Gasteiger charge is -2.25. The largest absolute Gasteiger partial charge is 0.494 e. The molecule has 8 heteroatoms. The van der Waals surface area contributed by atoms with Crippen molar-refractivity contribution in [3.8, 4) is 11.8 Å². The fourth-order valence-electron chi connectivity index (χ4n) is 3.63. The van der Waals surface area contributed by atoms with Gasteiger partial charge in [-0.1, -0.05) is 26.2 Å². The molecule has 1 aliphatic rings. The second-order valence-corrected chi connectivity index (χ2v) is 7.87. The molecule has 0 atom stereocenters. The third kappa shape index (κ3) is 6.48. The molecule has 1 aromatic carbocycles. The zero-order valence-corrected chi connectivity index (χ0v) is 18.1. The number of ether oxygens (including phenoxy) is 2. The zero-order valence-electron chi connectivity index (χ0n) is 18.1. The van der Waals surface area contributed by atoms with Crippen LogP contribution < -0.4 is 14.4 Å². The van der Waals surface area contributed by atoms with Crippen molar-refractivity contribution in [2.75, 3.05) is 18.6 Å². The molecule has 0 unspecified atom stereocenters. The number of rotatable bonds is 9. The van der Waals surface area contributed by atoms with E-state index < -0.39 is 11.7 Å². The van der Waals surface area contributed by atoms with Gasteiger partial charge in [0.05, 0.1) is 6.61 Å². The van der Waals surface area contributed by atoms with Crippen molar-refractivity contribution >= 4 is 11.5 Å². The number of aromatic nitrogens is 2. The van der Waals surface area contributed by atoms with Gasteiger partial charge in [0.25, 0.3) is 0 Å². The van der Waals surface area contributed by atoms with E-state index in [1.807, 2.05) is 0 Å². The Hall–Kier alpha value is -2.51. The summed E-state index contributed by atoms with van der Waals surface area (Å²) < 4.78 is 52.3. The van der Waals surface area contributed by atoms with Gasteiger partial charge in [0, 0.05) is 18.9 Å². The highest BCUT2D eigenvalue weighted by atomic mass is 19.4. The molecule has 0 amide bonds. The summed E-state index contributed by atoms with van der Waals surface area (Å²) in [5.41, 5.74) is -0.334. The Kier molecular flexibility index (Phi) is 7.98. The Bertz CT molecular complexity index is 822. The van der Waals surface area contributed by atoms with E-state index in [1.54, 1.807) is 31.3 Å². The smallest absolute Gasteiger partial charge is 0.421 e. The first-order chi connectivity index (χ1) is 14.9. The molecule has 0 aliphatic heterocycles. The van der Waals surface area contributed by atoms with E-state index in [2.05, 4.69) is 16.9 Å². The summed E-state index contributed by atoms with van der Waals surface area (Å²) in [4.78, 5) is 9.38. The average molecular weight is 438 g/mol. The van der Waals surface area contributed by atoms with E-state index in [0.29, 0.717) is 18.0 Å². The Morgan fingerprint density at radius 2 is 1.77 bits per heavy atom. The normalized spacial score (nSPS) is 15.0. The van der Waals surface area contributed by atoms with Gasteiger partial charge in [-0.3, -0.25) is 0 Å². The lowest BCUT2D eigenvalue weighted by molar-refractivity contribution is -0.137. The Morgan fingerprint density at radius 3 is 2.42 bits per heavy atom. The first-order valence-corrected chi connectivity index (χ1v) is 11.0. The lowest BCUT2D eigenvalue weighted by Crippen LogP contribution is -2.23. The molecule has 31 heavy (non-hydrogen) atoms. The quantitative estimate of drug-likeness (QED) is 0.417. The molecule has 1 saturated carbocycles. The van der Waals surface area contributed by atoms with E-state index in [0.717, 1.165) is 57.6 Å². The van der Waals surface area contributed by atoms with Crippen molar-refractivity contribution in [2.45, 2.75) is 70.6 Å². The van der Waals surface area contributed by atoms with Gasteiger partial charge in [-0.15, -0.1) is 0 Å². The summed E-state index contributed by atoms with van der Waals surface area (Å²) in [5.74, 6) is 0.457. The van der Waals surface area contributed by atoms with Crippen LogP contribution in [0.4, 0.5) is 24.7 Å². The van der Waals surface area contributed by atoms with E-state index in [4.69, 9.17) is 9.47 Å². The summed E-state index contributed by atoms with van der Waals surface area (Å²) in [6, 6.07) is 6.94. The van der Waals surface area contributed by atoms with Crippen molar-refractivity contribution in [1.82, 2.24) is 9.97 Å². The molecule has 0 saturated heterocycles. The SMILES string of the molecule is CCCCCOc1ccc(N(C)c2nc(OC3CCCCC3)ncc2C(F)(F)F)cc1. The Balaban J connectivity index is 1.78. The van der Waals surface area contributed by atoms with Gasteiger partial charge in [-0.2, -0.15) is 18.2 Å². The van der Waals surface area contributed by atoms with Crippen LogP contribution in [0.25, 0.3) is 0 Å². The molecule has 3 rings (SSSR count). The monoisotopic (exact) mass is 437 g/mol. The molecule has 1 aliphatic carbocycles. The number of hydrogen-bond acceptors (Lipinski definition) is 5. The zero-order chi connectivity index (χ0) is 22.3.